The van der Waals surface area contributed by atoms with Gasteiger partial charge in [-0.3, -0.25) is 9.59 Å². The molecule has 0 fully saturated rings. The molecule has 0 heterocycles. The van der Waals surface area contributed by atoms with E-state index in [0.29, 0.717) is 30.2 Å². The van der Waals surface area contributed by atoms with Crippen LogP contribution in [0.1, 0.15) is 24.2 Å². The maximum Gasteiger partial charge on any atom is 0.251 e. The number of para-hydroxylation sites is 2. The highest BCUT2D eigenvalue weighted by Crippen LogP contribution is 2.24. The second-order valence-electron chi connectivity index (χ2n) is 6.39. The van der Waals surface area contributed by atoms with E-state index in [1.165, 1.54) is 0 Å². The Labute approximate surface area is 165 Å². The number of nitrogens with one attached hydrogen (secondary N) is 3. The minimum absolute atomic E-state index is 0.0366. The Kier molecular flexibility index (Phi) is 8.30. The number of amides is 2. The van der Waals surface area contributed by atoms with Crippen molar-refractivity contribution in [3.63, 3.8) is 0 Å². The molecule has 0 radical (unpaired) electrons. The Morgan fingerprint density at radius 3 is 2.61 bits per heavy atom. The summed E-state index contributed by atoms with van der Waals surface area (Å²) in [6.45, 7) is 4.83. The summed E-state index contributed by atoms with van der Waals surface area (Å²) in [7, 11) is 1.57. The standard InChI is InChI=1S/C21H27N3O4/c1-15(2)28-19-10-5-4-9-18(19)23-14-20(25)24-17-8-6-7-16(13-17)21(26)22-11-12-27-3/h4-10,13,15,23H,11-12,14H2,1-3H3,(H,22,26)(H,24,25). The van der Waals surface area contributed by atoms with Crippen LogP contribution < -0.4 is 20.7 Å². The number of ether oxygens (including phenoxy) is 2. The largest absolute Gasteiger partial charge is 0.489 e. The summed E-state index contributed by atoms with van der Waals surface area (Å²) in [5.41, 5.74) is 1.77. The molecule has 0 atom stereocenters. The van der Waals surface area contributed by atoms with E-state index in [2.05, 4.69) is 16.0 Å². The number of benzene rings is 2. The molecule has 0 saturated carbocycles. The van der Waals surface area contributed by atoms with Crippen molar-refractivity contribution in [2.24, 2.45) is 0 Å². The van der Waals surface area contributed by atoms with E-state index in [-0.39, 0.29) is 24.5 Å². The molecule has 0 saturated heterocycles. The number of carbonyl (C=O) groups excluding carboxylic acids is 2. The van der Waals surface area contributed by atoms with Gasteiger partial charge < -0.3 is 25.4 Å². The quantitative estimate of drug-likeness (QED) is 0.547. The normalized spacial score (nSPS) is 10.4. The lowest BCUT2D eigenvalue weighted by Gasteiger charge is -2.15. The lowest BCUT2D eigenvalue weighted by atomic mass is 10.2. The second kappa shape index (κ2) is 10.9. The van der Waals surface area contributed by atoms with Crippen LogP contribution in [0, 0.1) is 0 Å². The van der Waals surface area contributed by atoms with Crippen LogP contribution in [0.2, 0.25) is 0 Å². The molecule has 0 aliphatic heterocycles. The van der Waals surface area contributed by atoms with E-state index >= 15 is 0 Å². The molecule has 0 unspecified atom stereocenters. The van der Waals surface area contributed by atoms with Gasteiger partial charge in [-0.15, -0.1) is 0 Å². The zero-order valence-electron chi connectivity index (χ0n) is 16.5. The molecule has 0 aliphatic carbocycles. The van der Waals surface area contributed by atoms with E-state index in [0.717, 1.165) is 5.69 Å². The van der Waals surface area contributed by atoms with Crippen molar-refractivity contribution in [3.8, 4) is 5.75 Å². The van der Waals surface area contributed by atoms with Crippen molar-refractivity contribution in [2.75, 3.05) is 37.4 Å². The molecule has 0 spiro atoms. The molecule has 0 aromatic heterocycles. The summed E-state index contributed by atoms with van der Waals surface area (Å²) in [5.74, 6) is 0.252. The third kappa shape index (κ3) is 6.92. The highest BCUT2D eigenvalue weighted by Gasteiger charge is 2.09. The molecule has 2 aromatic rings. The van der Waals surface area contributed by atoms with Gasteiger partial charge in [-0.1, -0.05) is 18.2 Å². The van der Waals surface area contributed by atoms with Crippen molar-refractivity contribution in [1.29, 1.82) is 0 Å². The van der Waals surface area contributed by atoms with Crippen LogP contribution in [-0.2, 0) is 9.53 Å². The average Bonchev–Trinajstić information content (AvgIpc) is 2.67. The Morgan fingerprint density at radius 2 is 1.86 bits per heavy atom. The highest BCUT2D eigenvalue weighted by atomic mass is 16.5. The van der Waals surface area contributed by atoms with Gasteiger partial charge in [-0.05, 0) is 44.2 Å². The Hall–Kier alpha value is -3.06. The third-order valence-corrected chi connectivity index (χ3v) is 3.69. The van der Waals surface area contributed by atoms with Crippen LogP contribution >= 0.6 is 0 Å². The van der Waals surface area contributed by atoms with Gasteiger partial charge in [0, 0.05) is 24.9 Å². The molecule has 150 valence electrons. The Morgan fingerprint density at radius 1 is 1.07 bits per heavy atom. The van der Waals surface area contributed by atoms with E-state index in [9.17, 15) is 9.59 Å². The van der Waals surface area contributed by atoms with Gasteiger partial charge in [0.1, 0.15) is 5.75 Å². The lowest BCUT2D eigenvalue weighted by Crippen LogP contribution is -2.27. The van der Waals surface area contributed by atoms with E-state index in [4.69, 9.17) is 9.47 Å². The lowest BCUT2D eigenvalue weighted by molar-refractivity contribution is -0.114. The fourth-order valence-corrected chi connectivity index (χ4v) is 2.46. The van der Waals surface area contributed by atoms with Crippen molar-refractivity contribution in [3.05, 3.63) is 54.1 Å². The Balaban J connectivity index is 1.92. The molecule has 3 N–H and O–H groups in total. The summed E-state index contributed by atoms with van der Waals surface area (Å²) < 4.78 is 10.6. The summed E-state index contributed by atoms with van der Waals surface area (Å²) in [5, 5.41) is 8.61. The predicted octanol–water partition coefficient (Wildman–Crippen LogP) is 2.90. The number of rotatable bonds is 10. The van der Waals surface area contributed by atoms with Crippen LogP contribution in [-0.4, -0.2) is 44.7 Å². The third-order valence-electron chi connectivity index (χ3n) is 3.69. The SMILES string of the molecule is COCCNC(=O)c1cccc(NC(=O)CNc2ccccc2OC(C)C)c1. The van der Waals surface area contributed by atoms with Crippen LogP contribution in [0.3, 0.4) is 0 Å². The molecule has 2 rings (SSSR count). The number of hydrogen-bond acceptors (Lipinski definition) is 5. The number of carbonyl (C=O) groups is 2. The molecule has 7 heteroatoms. The first-order chi connectivity index (χ1) is 13.5. The van der Waals surface area contributed by atoms with Crippen LogP contribution in [0.5, 0.6) is 5.75 Å². The molecular weight excluding hydrogens is 358 g/mol. The maximum absolute atomic E-state index is 12.3. The van der Waals surface area contributed by atoms with E-state index in [1.807, 2.05) is 38.1 Å². The molecule has 0 bridgehead atoms. The van der Waals surface area contributed by atoms with Crippen LogP contribution in [0.15, 0.2) is 48.5 Å². The first-order valence-corrected chi connectivity index (χ1v) is 9.16. The predicted molar refractivity (Wildman–Crippen MR) is 110 cm³/mol. The summed E-state index contributed by atoms with van der Waals surface area (Å²) in [6, 6.07) is 14.2. The van der Waals surface area contributed by atoms with Crippen molar-refractivity contribution in [2.45, 2.75) is 20.0 Å². The van der Waals surface area contributed by atoms with E-state index < -0.39 is 0 Å². The summed E-state index contributed by atoms with van der Waals surface area (Å²) in [6.07, 6.45) is 0.0366. The first-order valence-electron chi connectivity index (χ1n) is 9.16. The maximum atomic E-state index is 12.3. The van der Waals surface area contributed by atoms with E-state index in [1.54, 1.807) is 31.4 Å². The number of methoxy groups -OCH3 is 1. The smallest absolute Gasteiger partial charge is 0.251 e. The van der Waals surface area contributed by atoms with Gasteiger partial charge in [0.15, 0.2) is 0 Å². The van der Waals surface area contributed by atoms with Crippen LogP contribution in [0.4, 0.5) is 11.4 Å². The molecular formula is C21H27N3O4. The molecule has 7 nitrogen and oxygen atoms in total. The zero-order valence-corrected chi connectivity index (χ0v) is 16.5. The van der Waals surface area contributed by atoms with Gasteiger partial charge in [0.2, 0.25) is 5.91 Å². The van der Waals surface area contributed by atoms with Crippen LogP contribution in [0.25, 0.3) is 0 Å². The Bertz CT molecular complexity index is 793. The van der Waals surface area contributed by atoms with Gasteiger partial charge in [-0.2, -0.15) is 0 Å². The zero-order chi connectivity index (χ0) is 20.4. The van der Waals surface area contributed by atoms with Crippen molar-refractivity contribution < 1.29 is 19.1 Å². The van der Waals surface area contributed by atoms with Gasteiger partial charge in [0.25, 0.3) is 5.91 Å². The van der Waals surface area contributed by atoms with Gasteiger partial charge in [0.05, 0.1) is 24.9 Å². The highest BCUT2D eigenvalue weighted by molar-refractivity contribution is 5.98. The monoisotopic (exact) mass is 385 g/mol. The number of anilines is 2. The molecule has 2 amide bonds. The topological polar surface area (TPSA) is 88.7 Å². The van der Waals surface area contributed by atoms with Crippen molar-refractivity contribution >= 4 is 23.2 Å². The fraction of sp³-hybridized carbons (Fsp3) is 0.333. The van der Waals surface area contributed by atoms with Crippen molar-refractivity contribution in [1.82, 2.24) is 5.32 Å². The number of hydrogen-bond donors (Lipinski definition) is 3. The van der Waals surface area contributed by atoms with Gasteiger partial charge in [-0.25, -0.2) is 0 Å². The first kappa shape index (κ1) is 21.2. The van der Waals surface area contributed by atoms with Gasteiger partial charge >= 0.3 is 0 Å². The molecule has 28 heavy (non-hydrogen) atoms. The molecule has 2 aromatic carbocycles. The minimum atomic E-state index is -0.226. The molecule has 0 aliphatic rings. The fourth-order valence-electron chi connectivity index (χ4n) is 2.46. The second-order valence-corrected chi connectivity index (χ2v) is 6.39. The summed E-state index contributed by atoms with van der Waals surface area (Å²) in [4.78, 5) is 24.4. The average molecular weight is 385 g/mol. The minimum Gasteiger partial charge on any atom is -0.489 e. The summed E-state index contributed by atoms with van der Waals surface area (Å²) >= 11 is 0.